The number of hydrogen-bond acceptors (Lipinski definition) is 1. The second-order valence-corrected chi connectivity index (χ2v) is 4.89. The predicted molar refractivity (Wildman–Crippen MR) is 67.2 cm³/mol. The van der Waals surface area contributed by atoms with E-state index in [-0.39, 0.29) is 6.10 Å². The summed E-state index contributed by atoms with van der Waals surface area (Å²) in [4.78, 5) is 0. The van der Waals surface area contributed by atoms with Gasteiger partial charge in [0.15, 0.2) is 0 Å². The molecule has 0 heterocycles. The quantitative estimate of drug-likeness (QED) is 0.645. The SMILES string of the molecule is O[C@H](CCCI)c1ccc(Br)cc1. The lowest BCUT2D eigenvalue weighted by molar-refractivity contribution is 0.167. The first-order valence-electron chi connectivity index (χ1n) is 4.23. The van der Waals surface area contributed by atoms with Crippen molar-refractivity contribution >= 4 is 38.5 Å². The molecule has 1 rings (SSSR count). The maximum atomic E-state index is 9.72. The molecule has 72 valence electrons. The van der Waals surface area contributed by atoms with E-state index in [1.165, 1.54) is 0 Å². The number of rotatable bonds is 4. The fraction of sp³-hybridized carbons (Fsp3) is 0.400. The average Bonchev–Trinajstić information content (AvgIpc) is 2.15. The van der Waals surface area contributed by atoms with Crippen LogP contribution in [0.25, 0.3) is 0 Å². The van der Waals surface area contributed by atoms with Gasteiger partial charge in [-0.3, -0.25) is 0 Å². The number of benzene rings is 1. The Hall–Kier alpha value is 0.390. The van der Waals surface area contributed by atoms with Crippen molar-refractivity contribution in [3.8, 4) is 0 Å². The van der Waals surface area contributed by atoms with Gasteiger partial charge < -0.3 is 5.11 Å². The zero-order valence-electron chi connectivity index (χ0n) is 7.21. The van der Waals surface area contributed by atoms with Gasteiger partial charge in [0, 0.05) is 4.47 Å². The zero-order chi connectivity index (χ0) is 9.68. The summed E-state index contributed by atoms with van der Waals surface area (Å²) in [6.07, 6.45) is 1.62. The summed E-state index contributed by atoms with van der Waals surface area (Å²) < 4.78 is 2.16. The van der Waals surface area contributed by atoms with E-state index in [0.717, 1.165) is 27.3 Å². The van der Waals surface area contributed by atoms with Crippen molar-refractivity contribution in [3.63, 3.8) is 0 Å². The van der Waals surface area contributed by atoms with E-state index in [9.17, 15) is 5.11 Å². The summed E-state index contributed by atoms with van der Waals surface area (Å²) in [5.41, 5.74) is 1.01. The van der Waals surface area contributed by atoms with Crippen molar-refractivity contribution in [3.05, 3.63) is 34.3 Å². The van der Waals surface area contributed by atoms with Crippen LogP contribution in [0.2, 0.25) is 0 Å². The van der Waals surface area contributed by atoms with Crippen LogP contribution in [0.3, 0.4) is 0 Å². The molecule has 0 aliphatic heterocycles. The topological polar surface area (TPSA) is 20.2 Å². The first-order valence-corrected chi connectivity index (χ1v) is 6.55. The molecule has 3 heteroatoms. The minimum Gasteiger partial charge on any atom is -0.388 e. The van der Waals surface area contributed by atoms with E-state index in [1.807, 2.05) is 24.3 Å². The first-order chi connectivity index (χ1) is 6.24. The van der Waals surface area contributed by atoms with Gasteiger partial charge in [-0.2, -0.15) is 0 Å². The van der Waals surface area contributed by atoms with Crippen LogP contribution in [-0.2, 0) is 0 Å². The molecule has 0 radical (unpaired) electrons. The highest BCUT2D eigenvalue weighted by molar-refractivity contribution is 14.1. The minimum atomic E-state index is -0.303. The molecule has 1 atom stereocenters. The lowest BCUT2D eigenvalue weighted by Gasteiger charge is -2.09. The van der Waals surface area contributed by atoms with Gasteiger partial charge in [0.05, 0.1) is 6.10 Å². The van der Waals surface area contributed by atoms with Gasteiger partial charge in [-0.15, -0.1) is 0 Å². The number of aliphatic hydroxyl groups is 1. The highest BCUT2D eigenvalue weighted by Gasteiger charge is 2.05. The molecule has 0 amide bonds. The Balaban J connectivity index is 2.55. The maximum absolute atomic E-state index is 9.72. The Kier molecular flexibility index (Phi) is 5.28. The molecule has 0 fully saturated rings. The lowest BCUT2D eigenvalue weighted by atomic mass is 10.1. The third-order valence-electron chi connectivity index (χ3n) is 1.87. The number of alkyl halides is 1. The van der Waals surface area contributed by atoms with Crippen LogP contribution in [0.5, 0.6) is 0 Å². The minimum absolute atomic E-state index is 0.303. The molecule has 0 aliphatic rings. The summed E-state index contributed by atoms with van der Waals surface area (Å²) in [6, 6.07) is 7.84. The van der Waals surface area contributed by atoms with Crippen molar-refractivity contribution in [1.29, 1.82) is 0 Å². The fourth-order valence-corrected chi connectivity index (χ4v) is 1.83. The van der Waals surface area contributed by atoms with E-state index >= 15 is 0 Å². The summed E-state index contributed by atoms with van der Waals surface area (Å²) in [6.45, 7) is 0. The number of hydrogen-bond donors (Lipinski definition) is 1. The summed E-state index contributed by atoms with van der Waals surface area (Å²) in [5, 5.41) is 9.72. The van der Waals surface area contributed by atoms with Crippen LogP contribution in [0.1, 0.15) is 24.5 Å². The third-order valence-corrected chi connectivity index (χ3v) is 3.16. The van der Waals surface area contributed by atoms with Crippen LogP contribution in [0.15, 0.2) is 28.7 Å². The van der Waals surface area contributed by atoms with Gasteiger partial charge in [-0.05, 0) is 35.0 Å². The summed E-state index contributed by atoms with van der Waals surface area (Å²) in [5.74, 6) is 0. The number of halogens is 2. The largest absolute Gasteiger partial charge is 0.388 e. The molecule has 1 N–H and O–H groups in total. The molecule has 0 saturated heterocycles. The molecule has 0 spiro atoms. The second-order valence-electron chi connectivity index (χ2n) is 2.90. The Labute approximate surface area is 101 Å². The predicted octanol–water partition coefficient (Wildman–Crippen LogP) is 3.70. The fourth-order valence-electron chi connectivity index (χ4n) is 1.12. The normalized spacial score (nSPS) is 12.8. The van der Waals surface area contributed by atoms with E-state index in [2.05, 4.69) is 38.5 Å². The number of aliphatic hydroxyl groups excluding tert-OH is 1. The Bertz CT molecular complexity index is 248. The molecule has 13 heavy (non-hydrogen) atoms. The molecule has 1 aromatic rings. The van der Waals surface area contributed by atoms with Gasteiger partial charge >= 0.3 is 0 Å². The van der Waals surface area contributed by atoms with Crippen LogP contribution in [0.4, 0.5) is 0 Å². The van der Waals surface area contributed by atoms with Crippen molar-refractivity contribution in [2.45, 2.75) is 18.9 Å². The molecule has 1 aromatic carbocycles. The van der Waals surface area contributed by atoms with Gasteiger partial charge in [0.2, 0.25) is 0 Å². The van der Waals surface area contributed by atoms with E-state index in [1.54, 1.807) is 0 Å². The summed E-state index contributed by atoms with van der Waals surface area (Å²) >= 11 is 5.69. The standard InChI is InChI=1S/C10H12BrIO/c11-9-5-3-8(4-6-9)10(13)2-1-7-12/h3-6,10,13H,1-2,7H2/t10-/m1/s1. The molecular weight excluding hydrogens is 343 g/mol. The van der Waals surface area contributed by atoms with Gasteiger partial charge in [-0.1, -0.05) is 50.7 Å². The van der Waals surface area contributed by atoms with E-state index < -0.39 is 0 Å². The lowest BCUT2D eigenvalue weighted by Crippen LogP contribution is -1.97. The molecule has 0 aromatic heterocycles. The molecule has 0 saturated carbocycles. The van der Waals surface area contributed by atoms with Gasteiger partial charge in [0.1, 0.15) is 0 Å². The van der Waals surface area contributed by atoms with Crippen LogP contribution in [-0.4, -0.2) is 9.53 Å². The zero-order valence-corrected chi connectivity index (χ0v) is 11.0. The molecular formula is C10H12BrIO. The van der Waals surface area contributed by atoms with E-state index in [0.29, 0.717) is 0 Å². The average molecular weight is 355 g/mol. The van der Waals surface area contributed by atoms with Gasteiger partial charge in [-0.25, -0.2) is 0 Å². The van der Waals surface area contributed by atoms with Crippen LogP contribution < -0.4 is 0 Å². The Morgan fingerprint density at radius 2 is 1.92 bits per heavy atom. The monoisotopic (exact) mass is 354 g/mol. The van der Waals surface area contributed by atoms with Crippen LogP contribution >= 0.6 is 38.5 Å². The second kappa shape index (κ2) is 5.98. The Morgan fingerprint density at radius 3 is 2.46 bits per heavy atom. The summed E-state index contributed by atoms with van der Waals surface area (Å²) in [7, 11) is 0. The van der Waals surface area contributed by atoms with Crippen molar-refractivity contribution in [2.75, 3.05) is 4.43 Å². The maximum Gasteiger partial charge on any atom is 0.0790 e. The van der Waals surface area contributed by atoms with Gasteiger partial charge in [0.25, 0.3) is 0 Å². The van der Waals surface area contributed by atoms with Crippen LogP contribution in [0, 0.1) is 0 Å². The van der Waals surface area contributed by atoms with Crippen molar-refractivity contribution < 1.29 is 5.11 Å². The molecule has 1 nitrogen and oxygen atoms in total. The smallest absolute Gasteiger partial charge is 0.0790 e. The molecule has 0 aliphatic carbocycles. The first kappa shape index (κ1) is 11.5. The van der Waals surface area contributed by atoms with E-state index in [4.69, 9.17) is 0 Å². The van der Waals surface area contributed by atoms with Crippen molar-refractivity contribution in [2.24, 2.45) is 0 Å². The highest BCUT2D eigenvalue weighted by Crippen LogP contribution is 2.20. The molecule has 0 unspecified atom stereocenters. The Morgan fingerprint density at radius 1 is 1.31 bits per heavy atom. The third kappa shape index (κ3) is 3.95. The molecule has 0 bridgehead atoms. The highest BCUT2D eigenvalue weighted by atomic mass is 127. The van der Waals surface area contributed by atoms with Crippen molar-refractivity contribution in [1.82, 2.24) is 0 Å².